The number of rotatable bonds is 5. The predicted octanol–water partition coefficient (Wildman–Crippen LogP) is 1.13. The lowest BCUT2D eigenvalue weighted by atomic mass is 10.2. The first-order valence-electron chi connectivity index (χ1n) is 7.64. The molecule has 3 heterocycles. The van der Waals surface area contributed by atoms with Crippen molar-refractivity contribution < 1.29 is 9.53 Å². The van der Waals surface area contributed by atoms with E-state index in [1.807, 2.05) is 36.1 Å². The number of ether oxygens (including phenoxy) is 1. The van der Waals surface area contributed by atoms with Gasteiger partial charge in [0.25, 0.3) is 0 Å². The van der Waals surface area contributed by atoms with Gasteiger partial charge in [-0.15, -0.1) is 21.5 Å². The highest BCUT2D eigenvalue weighted by Gasteiger charge is 2.26. The molecule has 0 aromatic carbocycles. The number of hydrogen-bond acceptors (Lipinski definition) is 6. The summed E-state index contributed by atoms with van der Waals surface area (Å²) >= 11 is 1.65. The number of nitrogens with zero attached hydrogens (tertiary/aromatic N) is 4. The molecule has 1 aliphatic heterocycles. The van der Waals surface area contributed by atoms with Crippen LogP contribution in [-0.2, 0) is 16.6 Å². The molecule has 23 heavy (non-hydrogen) atoms. The number of nitrogens with one attached hydrogen (secondary N) is 1. The molecule has 1 amide bonds. The first-order chi connectivity index (χ1) is 11.1. The minimum atomic E-state index is -0.140. The highest BCUT2D eigenvalue weighted by atomic mass is 32.1. The van der Waals surface area contributed by atoms with Gasteiger partial charge in [0, 0.05) is 25.0 Å². The quantitative estimate of drug-likeness (QED) is 0.887. The van der Waals surface area contributed by atoms with Gasteiger partial charge in [0.15, 0.2) is 5.82 Å². The zero-order valence-corrected chi connectivity index (χ0v) is 14.1. The second kappa shape index (κ2) is 7.20. The molecule has 124 valence electrons. The molecule has 1 N–H and O–H groups in total. The van der Waals surface area contributed by atoms with Crippen molar-refractivity contribution in [1.82, 2.24) is 25.0 Å². The van der Waals surface area contributed by atoms with Gasteiger partial charge in [-0.3, -0.25) is 9.69 Å². The maximum atomic E-state index is 12.3. The zero-order valence-electron chi connectivity index (χ0n) is 13.3. The number of thiophene rings is 1. The number of morpholine rings is 1. The van der Waals surface area contributed by atoms with E-state index in [2.05, 4.69) is 20.4 Å². The Hall–Kier alpha value is -1.77. The third-order valence-electron chi connectivity index (χ3n) is 3.90. The Morgan fingerprint density at radius 3 is 3.17 bits per heavy atom. The lowest BCUT2D eigenvalue weighted by Crippen LogP contribution is -2.45. The van der Waals surface area contributed by atoms with Gasteiger partial charge in [-0.2, -0.15) is 0 Å². The molecule has 0 bridgehead atoms. The molecule has 8 heteroatoms. The molecule has 0 radical (unpaired) electrons. The molecule has 2 aromatic heterocycles. The van der Waals surface area contributed by atoms with Crippen molar-refractivity contribution in [3.8, 4) is 0 Å². The highest BCUT2D eigenvalue weighted by molar-refractivity contribution is 7.10. The second-order valence-corrected chi connectivity index (χ2v) is 6.68. The van der Waals surface area contributed by atoms with Crippen LogP contribution in [0.4, 0.5) is 0 Å². The van der Waals surface area contributed by atoms with E-state index in [9.17, 15) is 4.79 Å². The van der Waals surface area contributed by atoms with Crippen LogP contribution in [0.5, 0.6) is 0 Å². The topological polar surface area (TPSA) is 72.3 Å². The van der Waals surface area contributed by atoms with Gasteiger partial charge >= 0.3 is 0 Å². The van der Waals surface area contributed by atoms with E-state index in [1.54, 1.807) is 17.7 Å². The van der Waals surface area contributed by atoms with Gasteiger partial charge in [0.2, 0.25) is 5.91 Å². The largest absolute Gasteiger partial charge is 0.368 e. The summed E-state index contributed by atoms with van der Waals surface area (Å²) in [5, 5.41) is 13.1. The fourth-order valence-corrected chi connectivity index (χ4v) is 3.42. The van der Waals surface area contributed by atoms with Gasteiger partial charge < -0.3 is 14.6 Å². The summed E-state index contributed by atoms with van der Waals surface area (Å²) in [7, 11) is 1.90. The average Bonchev–Trinajstić information content (AvgIpc) is 3.18. The van der Waals surface area contributed by atoms with E-state index in [1.165, 1.54) is 0 Å². The van der Waals surface area contributed by atoms with Crippen LogP contribution in [0, 0.1) is 0 Å². The van der Waals surface area contributed by atoms with E-state index in [4.69, 9.17) is 4.74 Å². The molecule has 2 aromatic rings. The Morgan fingerprint density at radius 2 is 2.48 bits per heavy atom. The fourth-order valence-electron chi connectivity index (χ4n) is 2.69. The van der Waals surface area contributed by atoms with E-state index in [0.717, 1.165) is 17.2 Å². The van der Waals surface area contributed by atoms with Crippen molar-refractivity contribution >= 4 is 17.2 Å². The van der Waals surface area contributed by atoms with E-state index in [-0.39, 0.29) is 18.1 Å². The molecule has 1 saturated heterocycles. The van der Waals surface area contributed by atoms with E-state index >= 15 is 0 Å². The monoisotopic (exact) mass is 335 g/mol. The minimum Gasteiger partial charge on any atom is -0.368 e. The van der Waals surface area contributed by atoms with Crippen molar-refractivity contribution in [2.24, 2.45) is 7.05 Å². The molecule has 1 aliphatic rings. The summed E-state index contributed by atoms with van der Waals surface area (Å²) in [5.41, 5.74) is 0. The molecule has 7 nitrogen and oxygen atoms in total. The van der Waals surface area contributed by atoms with Gasteiger partial charge in [0.1, 0.15) is 12.4 Å². The van der Waals surface area contributed by atoms with Crippen LogP contribution in [0.25, 0.3) is 0 Å². The summed E-state index contributed by atoms with van der Waals surface area (Å²) in [6.07, 6.45) is 1.52. The van der Waals surface area contributed by atoms with Crippen LogP contribution in [0.2, 0.25) is 0 Å². The Labute approximate surface area is 139 Å². The van der Waals surface area contributed by atoms with Crippen molar-refractivity contribution in [2.75, 3.05) is 26.2 Å². The van der Waals surface area contributed by atoms with Gasteiger partial charge in [-0.1, -0.05) is 6.07 Å². The van der Waals surface area contributed by atoms with E-state index < -0.39 is 0 Å². The van der Waals surface area contributed by atoms with Crippen molar-refractivity contribution in [3.63, 3.8) is 0 Å². The Morgan fingerprint density at radius 1 is 1.61 bits per heavy atom. The summed E-state index contributed by atoms with van der Waals surface area (Å²) in [5.74, 6) is 0.826. The van der Waals surface area contributed by atoms with Crippen LogP contribution in [0.3, 0.4) is 0 Å². The van der Waals surface area contributed by atoms with Crippen LogP contribution < -0.4 is 5.32 Å². The van der Waals surface area contributed by atoms with Gasteiger partial charge in [0.05, 0.1) is 19.2 Å². The van der Waals surface area contributed by atoms with Crippen LogP contribution >= 0.6 is 11.3 Å². The molecular formula is C15H21N5O2S. The van der Waals surface area contributed by atoms with Crippen molar-refractivity contribution in [1.29, 1.82) is 0 Å². The molecular weight excluding hydrogens is 314 g/mol. The van der Waals surface area contributed by atoms with Crippen molar-refractivity contribution in [3.05, 3.63) is 34.5 Å². The van der Waals surface area contributed by atoms with E-state index in [0.29, 0.717) is 19.7 Å². The normalized spacial score (nSPS) is 20.3. The Balaban J connectivity index is 1.53. The average molecular weight is 335 g/mol. The summed E-state index contributed by atoms with van der Waals surface area (Å²) < 4.78 is 7.61. The number of aromatic nitrogens is 3. The molecule has 3 rings (SSSR count). The van der Waals surface area contributed by atoms with Gasteiger partial charge in [-0.05, 0) is 18.4 Å². The third-order valence-corrected chi connectivity index (χ3v) is 4.95. The summed E-state index contributed by atoms with van der Waals surface area (Å²) in [6.45, 7) is 4.35. The Kier molecular flexibility index (Phi) is 5.04. The standard InChI is InChI=1S/C15H21N5O2S/c1-11(13-4-3-7-23-13)17-14(21)9-20-5-6-22-12(8-20)15-18-16-10-19(15)2/h3-4,7,10-12H,5-6,8-9H2,1-2H3,(H,17,21). The molecule has 2 atom stereocenters. The maximum Gasteiger partial charge on any atom is 0.234 e. The first kappa shape index (κ1) is 16.1. The second-order valence-electron chi connectivity index (χ2n) is 5.70. The number of aryl methyl sites for hydroxylation is 1. The molecule has 0 saturated carbocycles. The fraction of sp³-hybridized carbons (Fsp3) is 0.533. The van der Waals surface area contributed by atoms with Crippen LogP contribution in [0.15, 0.2) is 23.8 Å². The number of carbonyl (C=O) groups excluding carboxylic acids is 1. The lowest BCUT2D eigenvalue weighted by molar-refractivity contribution is -0.125. The molecule has 0 aliphatic carbocycles. The zero-order chi connectivity index (χ0) is 16.2. The SMILES string of the molecule is CC(NC(=O)CN1CCOC(c2nncn2C)C1)c1cccs1. The highest BCUT2D eigenvalue weighted by Crippen LogP contribution is 2.20. The lowest BCUT2D eigenvalue weighted by Gasteiger charge is -2.32. The third kappa shape index (κ3) is 3.95. The van der Waals surface area contributed by atoms with Crippen LogP contribution in [-0.4, -0.2) is 51.8 Å². The summed E-state index contributed by atoms with van der Waals surface area (Å²) in [4.78, 5) is 15.5. The number of carbonyl (C=O) groups is 1. The first-order valence-corrected chi connectivity index (χ1v) is 8.52. The minimum absolute atomic E-state index is 0.0320. The van der Waals surface area contributed by atoms with Crippen molar-refractivity contribution in [2.45, 2.75) is 19.1 Å². The molecule has 1 fully saturated rings. The van der Waals surface area contributed by atoms with Crippen LogP contribution in [0.1, 0.15) is 29.8 Å². The number of amides is 1. The predicted molar refractivity (Wildman–Crippen MR) is 87.0 cm³/mol. The van der Waals surface area contributed by atoms with Gasteiger partial charge in [-0.25, -0.2) is 0 Å². The smallest absolute Gasteiger partial charge is 0.234 e. The maximum absolute atomic E-state index is 12.3. The molecule has 2 unspecified atom stereocenters. The Bertz CT molecular complexity index is 642. The molecule has 0 spiro atoms. The number of hydrogen-bond donors (Lipinski definition) is 1. The summed E-state index contributed by atoms with van der Waals surface area (Å²) in [6, 6.07) is 4.07.